The smallest absolute Gasteiger partial charge is 0.335 e. The van der Waals surface area contributed by atoms with Gasteiger partial charge in [0.1, 0.15) is 12.1 Å². The number of nitrogens with zero attached hydrogens (tertiary/aromatic N) is 2. The number of aliphatic carboxylic acids is 1. The number of nitrogens with two attached hydrogens (primary N) is 1. The minimum Gasteiger partial charge on any atom is -0.480 e. The minimum atomic E-state index is -1.02. The molecule has 172 valence electrons. The van der Waals surface area contributed by atoms with Crippen molar-refractivity contribution in [3.8, 4) is 0 Å². The molecule has 1 aliphatic rings. The first-order valence-corrected chi connectivity index (χ1v) is 11.0. The largest absolute Gasteiger partial charge is 0.480 e. The lowest BCUT2D eigenvalue weighted by Crippen LogP contribution is -2.57. The molecule has 0 bridgehead atoms. The van der Waals surface area contributed by atoms with Crippen LogP contribution >= 0.6 is 0 Å². The second kappa shape index (κ2) is 12.9. The quantitative estimate of drug-likeness (QED) is 0.260. The van der Waals surface area contributed by atoms with Crippen LogP contribution in [0.3, 0.4) is 0 Å². The third kappa shape index (κ3) is 7.52. The summed E-state index contributed by atoms with van der Waals surface area (Å²) in [5.74, 6) is -1.45. The Morgan fingerprint density at radius 2 is 2.03 bits per heavy atom. The summed E-state index contributed by atoms with van der Waals surface area (Å²) in [6.45, 7) is 3.15. The highest BCUT2D eigenvalue weighted by atomic mass is 16.5. The van der Waals surface area contributed by atoms with E-state index >= 15 is 0 Å². The van der Waals surface area contributed by atoms with Gasteiger partial charge in [0, 0.05) is 13.1 Å². The Bertz CT molecular complexity index is 715. The summed E-state index contributed by atoms with van der Waals surface area (Å²) in [7, 11) is 0. The maximum Gasteiger partial charge on any atom is 0.335 e. The number of esters is 1. The predicted molar refractivity (Wildman–Crippen MR) is 116 cm³/mol. The van der Waals surface area contributed by atoms with Crippen molar-refractivity contribution in [1.29, 1.82) is 0 Å². The molecule has 2 rings (SSSR count). The molecule has 0 spiro atoms. The van der Waals surface area contributed by atoms with E-state index in [1.165, 1.54) is 9.91 Å². The first kappa shape index (κ1) is 24.6. The second-order valence-corrected chi connectivity index (χ2v) is 7.58. The Balaban J connectivity index is 2.14. The lowest BCUT2D eigenvalue weighted by Gasteiger charge is -2.33. The van der Waals surface area contributed by atoms with Gasteiger partial charge in [-0.05, 0) is 57.6 Å². The van der Waals surface area contributed by atoms with Gasteiger partial charge >= 0.3 is 18.0 Å². The number of benzene rings is 1. The fourth-order valence-corrected chi connectivity index (χ4v) is 3.66. The fraction of sp³-hybridized carbons (Fsp3) is 0.591. The third-order valence-electron chi connectivity index (χ3n) is 5.30. The summed E-state index contributed by atoms with van der Waals surface area (Å²) >= 11 is 0. The number of carboxylic acids is 1. The average Bonchev–Trinajstić information content (AvgIpc) is 3.26. The Morgan fingerprint density at radius 1 is 1.29 bits per heavy atom. The monoisotopic (exact) mass is 434 g/mol. The zero-order chi connectivity index (χ0) is 22.6. The van der Waals surface area contributed by atoms with Crippen molar-refractivity contribution in [1.82, 2.24) is 15.3 Å². The van der Waals surface area contributed by atoms with Gasteiger partial charge in [0.15, 0.2) is 0 Å². The van der Waals surface area contributed by atoms with E-state index in [1.807, 2.05) is 30.3 Å². The van der Waals surface area contributed by atoms with Gasteiger partial charge in [-0.25, -0.2) is 15.0 Å². The van der Waals surface area contributed by atoms with Gasteiger partial charge in [-0.2, -0.15) is 0 Å². The number of urea groups is 1. The zero-order valence-electron chi connectivity index (χ0n) is 18.2. The summed E-state index contributed by atoms with van der Waals surface area (Å²) < 4.78 is 5.22. The number of rotatable bonds is 12. The molecule has 1 saturated heterocycles. The molecule has 1 heterocycles. The van der Waals surface area contributed by atoms with Crippen molar-refractivity contribution in [3.05, 3.63) is 35.9 Å². The standard InChI is InChI=1S/C22H34N4O5/c1-2-31-21(29)18(13-12-17-9-4-3-5-10-17)24-26(16-7-6-14-23)22(30)25-15-8-11-19(25)20(27)28/h3-5,9-10,18-19,24H,2,6-8,11-16,23H2,1H3,(H,27,28)/t18?,19-/m0/s1. The molecule has 1 aromatic carbocycles. The molecular weight excluding hydrogens is 400 g/mol. The van der Waals surface area contributed by atoms with Crippen molar-refractivity contribution in [3.63, 3.8) is 0 Å². The Kier molecular flexibility index (Phi) is 10.3. The van der Waals surface area contributed by atoms with Crippen LogP contribution in [-0.2, 0) is 20.7 Å². The Hall–Kier alpha value is -2.65. The van der Waals surface area contributed by atoms with E-state index in [4.69, 9.17) is 10.5 Å². The van der Waals surface area contributed by atoms with Crippen molar-refractivity contribution in [2.24, 2.45) is 5.73 Å². The van der Waals surface area contributed by atoms with Crippen molar-refractivity contribution >= 4 is 18.0 Å². The van der Waals surface area contributed by atoms with Crippen LogP contribution in [0, 0.1) is 0 Å². The van der Waals surface area contributed by atoms with Crippen molar-refractivity contribution in [2.75, 3.05) is 26.2 Å². The summed E-state index contributed by atoms with van der Waals surface area (Å²) in [4.78, 5) is 38.7. The third-order valence-corrected chi connectivity index (χ3v) is 5.30. The van der Waals surface area contributed by atoms with Crippen LogP contribution in [0.5, 0.6) is 0 Å². The maximum atomic E-state index is 13.2. The van der Waals surface area contributed by atoms with E-state index in [-0.39, 0.29) is 6.61 Å². The van der Waals surface area contributed by atoms with Crippen LogP contribution in [0.15, 0.2) is 30.3 Å². The SMILES string of the molecule is CCOC(=O)C(CCc1ccccc1)NN(CCCCN)C(=O)N1CCC[C@H]1C(=O)O. The number of unbranched alkanes of at least 4 members (excludes halogenated alkanes) is 1. The molecule has 1 aliphatic heterocycles. The highest BCUT2D eigenvalue weighted by Crippen LogP contribution is 2.19. The first-order valence-electron chi connectivity index (χ1n) is 11.0. The molecular formula is C22H34N4O5. The number of carbonyl (C=O) groups is 3. The first-order chi connectivity index (χ1) is 15.0. The minimum absolute atomic E-state index is 0.233. The highest BCUT2D eigenvalue weighted by molar-refractivity contribution is 5.83. The number of carboxylic acid groups (broad SMARTS) is 1. The molecule has 0 radical (unpaired) electrons. The Labute approximate surface area is 183 Å². The van der Waals surface area contributed by atoms with Crippen molar-refractivity contribution in [2.45, 2.75) is 57.5 Å². The number of hydrogen-bond donors (Lipinski definition) is 3. The fourth-order valence-electron chi connectivity index (χ4n) is 3.66. The number of carbonyl (C=O) groups excluding carboxylic acids is 2. The van der Waals surface area contributed by atoms with E-state index in [9.17, 15) is 19.5 Å². The van der Waals surface area contributed by atoms with Crippen LogP contribution in [0.1, 0.15) is 44.6 Å². The van der Waals surface area contributed by atoms with Crippen LogP contribution < -0.4 is 11.2 Å². The van der Waals surface area contributed by atoms with Crippen LogP contribution in [0.25, 0.3) is 0 Å². The molecule has 1 fully saturated rings. The van der Waals surface area contributed by atoms with Gasteiger partial charge in [0.25, 0.3) is 0 Å². The zero-order valence-corrected chi connectivity index (χ0v) is 18.2. The lowest BCUT2D eigenvalue weighted by molar-refractivity contribution is -0.147. The summed E-state index contributed by atoms with van der Waals surface area (Å²) in [5.41, 5.74) is 9.70. The normalized spacial score (nSPS) is 16.7. The molecule has 0 aromatic heterocycles. The molecule has 4 N–H and O–H groups in total. The maximum absolute atomic E-state index is 13.2. The van der Waals surface area contributed by atoms with E-state index in [2.05, 4.69) is 5.43 Å². The molecule has 1 unspecified atom stereocenters. The average molecular weight is 435 g/mol. The topological polar surface area (TPSA) is 125 Å². The molecule has 2 amide bonds. The van der Waals surface area contributed by atoms with E-state index in [1.54, 1.807) is 6.92 Å². The number of hydrogen-bond acceptors (Lipinski definition) is 6. The van der Waals surface area contributed by atoms with Gasteiger partial charge in [0.2, 0.25) is 0 Å². The Morgan fingerprint density at radius 3 is 2.68 bits per heavy atom. The number of likely N-dealkylation sites (tertiary alicyclic amines) is 1. The van der Waals surface area contributed by atoms with Gasteiger partial charge < -0.3 is 20.5 Å². The lowest BCUT2D eigenvalue weighted by atomic mass is 10.1. The van der Waals surface area contributed by atoms with Gasteiger partial charge in [-0.1, -0.05) is 30.3 Å². The van der Waals surface area contributed by atoms with Crippen LogP contribution in [0.2, 0.25) is 0 Å². The number of ether oxygens (including phenoxy) is 1. The van der Waals surface area contributed by atoms with Gasteiger partial charge in [-0.15, -0.1) is 0 Å². The number of amides is 2. The number of aryl methyl sites for hydroxylation is 1. The molecule has 0 aliphatic carbocycles. The summed E-state index contributed by atoms with van der Waals surface area (Å²) in [6.07, 6.45) is 3.47. The summed E-state index contributed by atoms with van der Waals surface area (Å²) in [6, 6.07) is 7.74. The molecule has 9 heteroatoms. The van der Waals surface area contributed by atoms with Gasteiger partial charge in [-0.3, -0.25) is 9.80 Å². The number of nitrogens with one attached hydrogen (secondary N) is 1. The highest BCUT2D eigenvalue weighted by Gasteiger charge is 2.37. The van der Waals surface area contributed by atoms with E-state index in [0.717, 1.165) is 5.56 Å². The predicted octanol–water partition coefficient (Wildman–Crippen LogP) is 1.77. The molecule has 31 heavy (non-hydrogen) atoms. The van der Waals surface area contributed by atoms with Crippen LogP contribution in [-0.4, -0.2) is 71.3 Å². The molecule has 0 saturated carbocycles. The van der Waals surface area contributed by atoms with E-state index < -0.39 is 30.1 Å². The molecule has 1 aromatic rings. The van der Waals surface area contributed by atoms with Crippen LogP contribution in [0.4, 0.5) is 4.79 Å². The van der Waals surface area contributed by atoms with Crippen molar-refractivity contribution < 1.29 is 24.2 Å². The molecule has 9 nitrogen and oxygen atoms in total. The van der Waals surface area contributed by atoms with E-state index in [0.29, 0.717) is 58.2 Å². The second-order valence-electron chi connectivity index (χ2n) is 7.58. The summed E-state index contributed by atoms with van der Waals surface area (Å²) in [5, 5.41) is 10.8. The van der Waals surface area contributed by atoms with Gasteiger partial charge in [0.05, 0.1) is 6.61 Å². The molecule has 2 atom stereocenters. The number of hydrazine groups is 1.